The lowest BCUT2D eigenvalue weighted by molar-refractivity contribution is -0.142. The van der Waals surface area contributed by atoms with Gasteiger partial charge in [-0.05, 0) is 24.1 Å². The predicted octanol–water partition coefficient (Wildman–Crippen LogP) is 1.01. The summed E-state index contributed by atoms with van der Waals surface area (Å²) in [5.41, 5.74) is 5.76. The Bertz CT molecular complexity index is 348. The van der Waals surface area contributed by atoms with Crippen LogP contribution in [0.1, 0.15) is 5.56 Å². The highest BCUT2D eigenvalue weighted by molar-refractivity contribution is 5.75. The number of carbonyl (C=O) groups is 1. The molecule has 0 spiro atoms. The van der Waals surface area contributed by atoms with Gasteiger partial charge in [0.2, 0.25) is 0 Å². The first-order valence-electron chi connectivity index (χ1n) is 4.31. The first-order valence-corrected chi connectivity index (χ1v) is 4.31. The predicted molar refractivity (Wildman–Crippen MR) is 50.1 cm³/mol. The molecule has 0 saturated heterocycles. The van der Waals surface area contributed by atoms with E-state index in [-0.39, 0.29) is 6.42 Å². The first kappa shape index (κ1) is 11.6. The van der Waals surface area contributed by atoms with E-state index in [1.165, 1.54) is 7.11 Å². The average molecular weight is 215 g/mol. The van der Waals surface area contributed by atoms with Crippen molar-refractivity contribution in [2.45, 2.75) is 12.5 Å². The minimum Gasteiger partial charge on any atom is -0.468 e. The van der Waals surface area contributed by atoms with Crippen LogP contribution in [-0.4, -0.2) is 19.1 Å². The second-order valence-electron chi connectivity index (χ2n) is 3.11. The molecule has 0 fully saturated rings. The van der Waals surface area contributed by atoms with Crippen LogP contribution in [0.3, 0.4) is 0 Å². The second kappa shape index (κ2) is 4.84. The quantitative estimate of drug-likeness (QED) is 0.765. The number of esters is 1. The normalized spacial score (nSPS) is 12.3. The topological polar surface area (TPSA) is 52.3 Å². The summed E-state index contributed by atoms with van der Waals surface area (Å²) in [6, 6.07) is 2.11. The van der Waals surface area contributed by atoms with Gasteiger partial charge in [0.05, 0.1) is 7.11 Å². The number of hydrogen-bond acceptors (Lipinski definition) is 3. The summed E-state index contributed by atoms with van der Waals surface area (Å²) in [7, 11) is 1.20. The molecule has 82 valence electrons. The molecule has 5 heteroatoms. The van der Waals surface area contributed by atoms with Crippen molar-refractivity contribution in [3.05, 3.63) is 35.4 Å². The van der Waals surface area contributed by atoms with Gasteiger partial charge in [0, 0.05) is 6.07 Å². The van der Waals surface area contributed by atoms with Crippen LogP contribution in [0.2, 0.25) is 0 Å². The fourth-order valence-corrected chi connectivity index (χ4v) is 1.22. The summed E-state index contributed by atoms with van der Waals surface area (Å²) in [6.45, 7) is 0. The van der Waals surface area contributed by atoms with Crippen LogP contribution in [0.25, 0.3) is 0 Å². The SMILES string of the molecule is COC(=O)[C@H](N)Cc1cc(F)cc(F)c1. The van der Waals surface area contributed by atoms with Crippen molar-refractivity contribution < 1.29 is 18.3 Å². The van der Waals surface area contributed by atoms with Gasteiger partial charge < -0.3 is 10.5 Å². The van der Waals surface area contributed by atoms with E-state index in [1.54, 1.807) is 0 Å². The zero-order valence-corrected chi connectivity index (χ0v) is 8.17. The Morgan fingerprint density at radius 3 is 2.40 bits per heavy atom. The molecule has 1 aromatic carbocycles. The zero-order valence-electron chi connectivity index (χ0n) is 8.17. The monoisotopic (exact) mass is 215 g/mol. The lowest BCUT2D eigenvalue weighted by atomic mass is 10.1. The highest BCUT2D eigenvalue weighted by Crippen LogP contribution is 2.09. The zero-order chi connectivity index (χ0) is 11.4. The highest BCUT2D eigenvalue weighted by atomic mass is 19.1. The number of halogens is 2. The molecule has 0 aliphatic rings. The summed E-state index contributed by atoms with van der Waals surface area (Å²) in [6.07, 6.45) is 0.0430. The van der Waals surface area contributed by atoms with Crippen molar-refractivity contribution in [1.82, 2.24) is 0 Å². The van der Waals surface area contributed by atoms with E-state index in [4.69, 9.17) is 5.73 Å². The van der Waals surface area contributed by atoms with Crippen molar-refractivity contribution >= 4 is 5.97 Å². The maximum Gasteiger partial charge on any atom is 0.322 e. The lowest BCUT2D eigenvalue weighted by Crippen LogP contribution is -2.33. The average Bonchev–Trinajstić information content (AvgIpc) is 2.14. The summed E-state index contributed by atoms with van der Waals surface area (Å²) in [4.78, 5) is 11.0. The standard InChI is InChI=1S/C10H11F2NO2/c1-15-10(14)9(13)4-6-2-7(11)5-8(12)3-6/h2-3,5,9H,4,13H2,1H3/t9-/m1/s1. The molecule has 0 radical (unpaired) electrons. The molecule has 0 unspecified atom stereocenters. The van der Waals surface area contributed by atoms with E-state index in [0.717, 1.165) is 18.2 Å². The minimum absolute atomic E-state index is 0.0430. The maximum absolute atomic E-state index is 12.8. The molecule has 15 heavy (non-hydrogen) atoms. The molecule has 3 nitrogen and oxygen atoms in total. The van der Waals surface area contributed by atoms with Crippen molar-refractivity contribution in [3.8, 4) is 0 Å². The van der Waals surface area contributed by atoms with E-state index in [2.05, 4.69) is 4.74 Å². The van der Waals surface area contributed by atoms with Gasteiger partial charge in [-0.15, -0.1) is 0 Å². The number of carbonyl (C=O) groups excluding carboxylic acids is 1. The number of hydrogen-bond donors (Lipinski definition) is 1. The van der Waals surface area contributed by atoms with E-state index >= 15 is 0 Å². The lowest BCUT2D eigenvalue weighted by Gasteiger charge is -2.09. The van der Waals surface area contributed by atoms with E-state index in [0.29, 0.717) is 5.56 Å². The molecule has 0 aromatic heterocycles. The van der Waals surface area contributed by atoms with Gasteiger partial charge in [-0.3, -0.25) is 4.79 Å². The van der Waals surface area contributed by atoms with E-state index in [9.17, 15) is 13.6 Å². The Balaban J connectivity index is 2.76. The maximum atomic E-state index is 12.8. The van der Waals surface area contributed by atoms with Crippen LogP contribution in [0.4, 0.5) is 8.78 Å². The number of rotatable bonds is 3. The summed E-state index contributed by atoms with van der Waals surface area (Å²) >= 11 is 0. The third-order valence-electron chi connectivity index (χ3n) is 1.88. The van der Waals surface area contributed by atoms with Crippen LogP contribution < -0.4 is 5.73 Å². The third kappa shape index (κ3) is 3.28. The van der Waals surface area contributed by atoms with Crippen molar-refractivity contribution in [2.75, 3.05) is 7.11 Å². The van der Waals surface area contributed by atoms with Gasteiger partial charge in [-0.1, -0.05) is 0 Å². The number of benzene rings is 1. The molecule has 0 bridgehead atoms. The fourth-order valence-electron chi connectivity index (χ4n) is 1.22. The van der Waals surface area contributed by atoms with Crippen molar-refractivity contribution in [3.63, 3.8) is 0 Å². The summed E-state index contributed by atoms with van der Waals surface area (Å²) in [5, 5.41) is 0. The highest BCUT2D eigenvalue weighted by Gasteiger charge is 2.14. The number of methoxy groups -OCH3 is 1. The molecule has 1 rings (SSSR count). The van der Waals surface area contributed by atoms with Gasteiger partial charge in [-0.25, -0.2) is 8.78 Å². The Morgan fingerprint density at radius 1 is 1.40 bits per heavy atom. The molecule has 0 saturated carbocycles. The molecule has 1 atom stereocenters. The van der Waals surface area contributed by atoms with Crippen molar-refractivity contribution in [1.29, 1.82) is 0 Å². The van der Waals surface area contributed by atoms with Gasteiger partial charge in [0.1, 0.15) is 17.7 Å². The molecule has 0 amide bonds. The van der Waals surface area contributed by atoms with E-state index < -0.39 is 23.6 Å². The largest absolute Gasteiger partial charge is 0.468 e. The molecule has 1 aromatic rings. The fraction of sp³-hybridized carbons (Fsp3) is 0.300. The molecular weight excluding hydrogens is 204 g/mol. The van der Waals surface area contributed by atoms with Gasteiger partial charge in [0.25, 0.3) is 0 Å². The Kier molecular flexibility index (Phi) is 3.74. The van der Waals surface area contributed by atoms with Crippen molar-refractivity contribution in [2.24, 2.45) is 5.73 Å². The minimum atomic E-state index is -0.906. The van der Waals surface area contributed by atoms with Crippen LogP contribution in [0.15, 0.2) is 18.2 Å². The molecule has 0 aliphatic carbocycles. The Morgan fingerprint density at radius 2 is 1.93 bits per heavy atom. The number of ether oxygens (including phenoxy) is 1. The van der Waals surface area contributed by atoms with Crippen LogP contribution in [0, 0.1) is 11.6 Å². The number of nitrogens with two attached hydrogens (primary N) is 1. The Hall–Kier alpha value is -1.49. The molecular formula is C10H11F2NO2. The second-order valence-corrected chi connectivity index (χ2v) is 3.11. The third-order valence-corrected chi connectivity index (χ3v) is 1.88. The smallest absolute Gasteiger partial charge is 0.322 e. The molecule has 0 aliphatic heterocycles. The first-order chi connectivity index (χ1) is 7.02. The summed E-state index contributed by atoms with van der Waals surface area (Å²) < 4.78 is 29.9. The van der Waals surface area contributed by atoms with Crippen LogP contribution in [0.5, 0.6) is 0 Å². The van der Waals surface area contributed by atoms with Gasteiger partial charge in [-0.2, -0.15) is 0 Å². The van der Waals surface area contributed by atoms with E-state index in [1.807, 2.05) is 0 Å². The molecule has 2 N–H and O–H groups in total. The van der Waals surface area contributed by atoms with Gasteiger partial charge >= 0.3 is 5.97 Å². The molecule has 0 heterocycles. The summed E-state index contributed by atoms with van der Waals surface area (Å²) in [5.74, 6) is -2.00. The van der Waals surface area contributed by atoms with Crippen LogP contribution in [-0.2, 0) is 16.0 Å². The van der Waals surface area contributed by atoms with Crippen LogP contribution >= 0.6 is 0 Å². The van der Waals surface area contributed by atoms with Gasteiger partial charge in [0.15, 0.2) is 0 Å². The Labute approximate surface area is 85.8 Å².